The minimum Gasteiger partial charge on any atom is -0.481 e. The molecule has 0 aromatic carbocycles. The summed E-state index contributed by atoms with van der Waals surface area (Å²) < 4.78 is 0. The lowest BCUT2D eigenvalue weighted by atomic mass is 10.1. The number of hydrogen-bond acceptors (Lipinski definition) is 8. The van der Waals surface area contributed by atoms with E-state index in [-0.39, 0.29) is 19.4 Å². The summed E-state index contributed by atoms with van der Waals surface area (Å²) in [5.41, 5.74) is 5.77. The Labute approximate surface area is 181 Å². The highest BCUT2D eigenvalue weighted by Gasteiger charge is 2.31. The minimum absolute atomic E-state index is 0.0234. The number of H-pyrrole nitrogens is 1. The van der Waals surface area contributed by atoms with E-state index in [1.807, 2.05) is 0 Å². The molecule has 0 aliphatic carbocycles. The molecule has 0 bridgehead atoms. The maximum atomic E-state index is 12.7. The third-order valence-corrected chi connectivity index (χ3v) is 4.70. The first-order valence-corrected chi connectivity index (χ1v) is 10.6. The highest BCUT2D eigenvalue weighted by atomic mass is 32.2. The SMILES string of the molecule is CSCCC(NC(=O)C(CC(=O)O)NC(=O)C(Cc1cnc[nH]1)NC(=O)CN)C(=O)O. The van der Waals surface area contributed by atoms with Crippen LogP contribution in [-0.4, -0.2) is 86.5 Å². The van der Waals surface area contributed by atoms with Crippen LogP contribution in [0.4, 0.5) is 0 Å². The van der Waals surface area contributed by atoms with Crippen LogP contribution < -0.4 is 21.7 Å². The van der Waals surface area contributed by atoms with E-state index in [4.69, 9.17) is 10.8 Å². The summed E-state index contributed by atoms with van der Waals surface area (Å²) in [4.78, 5) is 66.1. The van der Waals surface area contributed by atoms with Gasteiger partial charge in [0.15, 0.2) is 0 Å². The Kier molecular flexibility index (Phi) is 11.1. The molecule has 14 heteroatoms. The van der Waals surface area contributed by atoms with Crippen molar-refractivity contribution in [1.29, 1.82) is 0 Å². The number of nitrogens with one attached hydrogen (secondary N) is 4. The number of carboxylic acid groups (broad SMARTS) is 2. The van der Waals surface area contributed by atoms with E-state index in [0.29, 0.717) is 11.4 Å². The van der Waals surface area contributed by atoms with E-state index in [1.54, 1.807) is 6.26 Å². The summed E-state index contributed by atoms with van der Waals surface area (Å²) in [6.07, 6.45) is 3.88. The van der Waals surface area contributed by atoms with Gasteiger partial charge in [-0.2, -0.15) is 11.8 Å². The standard InChI is InChI=1S/C17H26N6O7S/c1-31-3-2-10(17(29)30)22-16(28)12(5-14(25)26)23-15(27)11(21-13(24)6-18)4-9-7-19-8-20-9/h7-8,10-12H,2-6,18H2,1H3,(H,19,20)(H,21,24)(H,22,28)(H,23,27)(H,25,26)(H,29,30). The van der Waals surface area contributed by atoms with Gasteiger partial charge in [-0.1, -0.05) is 0 Å². The molecule has 3 atom stereocenters. The average molecular weight is 458 g/mol. The van der Waals surface area contributed by atoms with Gasteiger partial charge in [0.2, 0.25) is 17.7 Å². The molecule has 1 aromatic heterocycles. The van der Waals surface area contributed by atoms with Crippen molar-refractivity contribution in [3.8, 4) is 0 Å². The summed E-state index contributed by atoms with van der Waals surface area (Å²) in [5.74, 6) is -4.65. The van der Waals surface area contributed by atoms with Crippen molar-refractivity contribution in [2.45, 2.75) is 37.4 Å². The van der Waals surface area contributed by atoms with Crippen LogP contribution in [-0.2, 0) is 30.4 Å². The molecule has 0 spiro atoms. The topological polar surface area (TPSA) is 217 Å². The van der Waals surface area contributed by atoms with Crippen molar-refractivity contribution in [2.75, 3.05) is 18.6 Å². The normalized spacial score (nSPS) is 13.5. The molecule has 0 aliphatic rings. The van der Waals surface area contributed by atoms with Crippen molar-refractivity contribution in [3.63, 3.8) is 0 Å². The number of carboxylic acids is 2. The van der Waals surface area contributed by atoms with Gasteiger partial charge in [0, 0.05) is 18.3 Å². The summed E-state index contributed by atoms with van der Waals surface area (Å²) >= 11 is 1.38. The molecule has 31 heavy (non-hydrogen) atoms. The summed E-state index contributed by atoms with van der Waals surface area (Å²) in [5, 5.41) is 25.3. The molecule has 1 aromatic rings. The van der Waals surface area contributed by atoms with Crippen molar-refractivity contribution in [1.82, 2.24) is 25.9 Å². The molecular formula is C17H26N6O7S. The lowest BCUT2D eigenvalue weighted by Crippen LogP contribution is -2.57. The van der Waals surface area contributed by atoms with Gasteiger partial charge in [0.05, 0.1) is 19.3 Å². The monoisotopic (exact) mass is 458 g/mol. The quantitative estimate of drug-likeness (QED) is 0.158. The third-order valence-electron chi connectivity index (χ3n) is 4.05. The van der Waals surface area contributed by atoms with Gasteiger partial charge >= 0.3 is 11.9 Å². The van der Waals surface area contributed by atoms with Gasteiger partial charge in [0.25, 0.3) is 0 Å². The van der Waals surface area contributed by atoms with Gasteiger partial charge in [-0.05, 0) is 18.4 Å². The maximum Gasteiger partial charge on any atom is 0.326 e. The lowest BCUT2D eigenvalue weighted by molar-refractivity contribution is -0.143. The molecule has 0 saturated carbocycles. The Balaban J connectivity index is 2.95. The zero-order chi connectivity index (χ0) is 23.4. The molecule has 8 N–H and O–H groups in total. The van der Waals surface area contributed by atoms with Crippen LogP contribution in [0.2, 0.25) is 0 Å². The van der Waals surface area contributed by atoms with Crippen LogP contribution in [0, 0.1) is 0 Å². The molecule has 1 rings (SSSR count). The van der Waals surface area contributed by atoms with Gasteiger partial charge in [-0.15, -0.1) is 0 Å². The van der Waals surface area contributed by atoms with Crippen molar-refractivity contribution < 1.29 is 34.2 Å². The van der Waals surface area contributed by atoms with Crippen molar-refractivity contribution >= 4 is 41.4 Å². The number of carbonyl (C=O) groups is 5. The van der Waals surface area contributed by atoms with Gasteiger partial charge in [0.1, 0.15) is 18.1 Å². The molecule has 0 fully saturated rings. The number of aromatic nitrogens is 2. The van der Waals surface area contributed by atoms with E-state index < -0.39 is 54.2 Å². The molecule has 13 nitrogen and oxygen atoms in total. The molecule has 1 heterocycles. The fourth-order valence-electron chi connectivity index (χ4n) is 2.50. The number of thioether (sulfide) groups is 1. The molecular weight excluding hydrogens is 432 g/mol. The Morgan fingerprint density at radius 2 is 1.74 bits per heavy atom. The van der Waals surface area contributed by atoms with Crippen LogP contribution in [0.15, 0.2) is 12.5 Å². The van der Waals surface area contributed by atoms with Gasteiger partial charge in [-0.3, -0.25) is 19.2 Å². The molecule has 172 valence electrons. The molecule has 3 amide bonds. The highest BCUT2D eigenvalue weighted by molar-refractivity contribution is 7.98. The highest BCUT2D eigenvalue weighted by Crippen LogP contribution is 2.04. The zero-order valence-electron chi connectivity index (χ0n) is 16.8. The van der Waals surface area contributed by atoms with Gasteiger partial charge < -0.3 is 36.9 Å². The second kappa shape index (κ2) is 13.2. The maximum absolute atomic E-state index is 12.7. The summed E-state index contributed by atoms with van der Waals surface area (Å²) in [7, 11) is 0. The van der Waals surface area contributed by atoms with Crippen molar-refractivity contribution in [2.24, 2.45) is 5.73 Å². The molecule has 0 saturated heterocycles. The number of nitrogens with two attached hydrogens (primary N) is 1. The predicted octanol–water partition coefficient (Wildman–Crippen LogP) is -2.32. The Morgan fingerprint density at radius 3 is 2.26 bits per heavy atom. The van der Waals surface area contributed by atoms with E-state index in [1.165, 1.54) is 24.3 Å². The Morgan fingerprint density at radius 1 is 1.10 bits per heavy atom. The minimum atomic E-state index is -1.56. The molecule has 0 aliphatic heterocycles. The number of aromatic amines is 1. The van der Waals surface area contributed by atoms with E-state index in [0.717, 1.165) is 0 Å². The van der Waals surface area contributed by atoms with E-state index >= 15 is 0 Å². The summed E-state index contributed by atoms with van der Waals surface area (Å²) in [6, 6.07) is -3.97. The van der Waals surface area contributed by atoms with Crippen LogP contribution in [0.3, 0.4) is 0 Å². The fourth-order valence-corrected chi connectivity index (χ4v) is 2.97. The molecule has 0 radical (unpaired) electrons. The second-order valence-corrected chi connectivity index (χ2v) is 7.43. The average Bonchev–Trinajstić information content (AvgIpc) is 3.22. The number of carbonyl (C=O) groups excluding carboxylic acids is 3. The largest absolute Gasteiger partial charge is 0.481 e. The summed E-state index contributed by atoms with van der Waals surface area (Å²) in [6.45, 7) is -0.387. The predicted molar refractivity (Wildman–Crippen MR) is 110 cm³/mol. The van der Waals surface area contributed by atoms with Crippen LogP contribution in [0.1, 0.15) is 18.5 Å². The third kappa shape index (κ3) is 9.48. The fraction of sp³-hybridized carbons (Fsp3) is 0.529. The first-order valence-electron chi connectivity index (χ1n) is 9.18. The van der Waals surface area contributed by atoms with Crippen molar-refractivity contribution in [3.05, 3.63) is 18.2 Å². The van der Waals surface area contributed by atoms with Crippen LogP contribution in [0.5, 0.6) is 0 Å². The molecule has 3 unspecified atom stereocenters. The number of rotatable bonds is 14. The number of imidazole rings is 1. The lowest BCUT2D eigenvalue weighted by Gasteiger charge is -2.23. The Bertz CT molecular complexity index is 773. The smallest absolute Gasteiger partial charge is 0.326 e. The Hall–Kier alpha value is -3.13. The number of aliphatic carboxylic acids is 2. The number of nitrogens with zero attached hydrogens (tertiary/aromatic N) is 1. The second-order valence-electron chi connectivity index (χ2n) is 6.45. The first-order chi connectivity index (χ1) is 14.7. The number of hydrogen-bond donors (Lipinski definition) is 7. The zero-order valence-corrected chi connectivity index (χ0v) is 17.6. The van der Waals surface area contributed by atoms with Gasteiger partial charge in [-0.25, -0.2) is 9.78 Å². The van der Waals surface area contributed by atoms with Crippen LogP contribution >= 0.6 is 11.8 Å². The van der Waals surface area contributed by atoms with E-state index in [2.05, 4.69) is 25.9 Å². The van der Waals surface area contributed by atoms with E-state index in [9.17, 15) is 29.1 Å². The first kappa shape index (κ1) is 25.9. The number of amides is 3. The van der Waals surface area contributed by atoms with Crippen LogP contribution in [0.25, 0.3) is 0 Å².